The Labute approximate surface area is 115 Å². The maximum absolute atomic E-state index is 4.25. The molecular formula is C15H22W. The molecule has 0 aliphatic heterocycles. The van der Waals surface area contributed by atoms with E-state index in [0.29, 0.717) is 0 Å². The van der Waals surface area contributed by atoms with Crippen LogP contribution in [0, 0.1) is 34.3 Å². The summed E-state index contributed by atoms with van der Waals surface area (Å²) in [5.74, 6) is 0. The number of rotatable bonds is 3. The van der Waals surface area contributed by atoms with Crippen LogP contribution in [0.15, 0.2) is 18.7 Å². The van der Waals surface area contributed by atoms with Crippen molar-refractivity contribution in [2.75, 3.05) is 0 Å². The number of aryl methyl sites for hydroxylation is 3. The van der Waals surface area contributed by atoms with Gasteiger partial charge >= 0.3 is 21.1 Å². The molecule has 0 aliphatic carbocycles. The third-order valence-electron chi connectivity index (χ3n) is 2.70. The Morgan fingerprint density at radius 1 is 1.12 bits per heavy atom. The fourth-order valence-corrected chi connectivity index (χ4v) is 1.60. The molecule has 88 valence electrons. The molecule has 1 aromatic rings. The topological polar surface area (TPSA) is 0 Å². The van der Waals surface area contributed by atoms with E-state index in [1.165, 1.54) is 35.1 Å². The molecular weight excluding hydrogens is 364 g/mol. The van der Waals surface area contributed by atoms with Gasteiger partial charge in [-0.1, -0.05) is 18.6 Å². The first-order valence-corrected chi connectivity index (χ1v) is 5.42. The zero-order valence-corrected chi connectivity index (χ0v) is 13.6. The van der Waals surface area contributed by atoms with Gasteiger partial charge in [-0.25, -0.2) is 0 Å². The molecule has 0 aliphatic rings. The third-order valence-corrected chi connectivity index (χ3v) is 2.70. The summed E-state index contributed by atoms with van der Waals surface area (Å²) < 4.78 is 0. The Bertz CT molecular complexity index is 279. The molecule has 0 bridgehead atoms. The number of hydrogen-bond donors (Lipinski definition) is 0. The predicted octanol–water partition coefficient (Wildman–Crippen LogP) is 4.37. The molecule has 0 heterocycles. The van der Waals surface area contributed by atoms with Gasteiger partial charge < -0.3 is 13.5 Å². The molecule has 0 unspecified atom stereocenters. The molecule has 0 radical (unpaired) electrons. The smallest absolute Gasteiger partial charge is 0.521 e. The molecule has 0 saturated carbocycles. The van der Waals surface area contributed by atoms with Crippen molar-refractivity contribution in [2.24, 2.45) is 0 Å². The van der Waals surface area contributed by atoms with Crippen LogP contribution in [0.2, 0.25) is 0 Å². The molecule has 0 atom stereocenters. The Kier molecular flexibility index (Phi) is 11.1. The number of hydrogen-bond acceptors (Lipinski definition) is 0. The zero-order chi connectivity index (χ0) is 11.8. The molecule has 0 fully saturated rings. The van der Waals surface area contributed by atoms with Gasteiger partial charge in [-0.05, 0) is 49.4 Å². The summed E-state index contributed by atoms with van der Waals surface area (Å²) in [4.78, 5) is 0. The van der Waals surface area contributed by atoms with Crippen LogP contribution in [-0.2, 0) is 27.5 Å². The number of unbranched alkanes of at least 4 members (excludes halogenated alkanes) is 1. The minimum absolute atomic E-state index is 0. The van der Waals surface area contributed by atoms with Crippen LogP contribution < -0.4 is 0 Å². The van der Waals surface area contributed by atoms with Crippen molar-refractivity contribution in [2.45, 2.75) is 40.0 Å². The summed E-state index contributed by atoms with van der Waals surface area (Å²) in [6.45, 7) is 17.4. The molecule has 0 N–H and O–H groups in total. The van der Waals surface area contributed by atoms with Gasteiger partial charge in [-0.3, -0.25) is 6.58 Å². The summed E-state index contributed by atoms with van der Waals surface area (Å²) in [7, 11) is 0. The van der Waals surface area contributed by atoms with Crippen molar-refractivity contribution in [3.63, 3.8) is 0 Å². The van der Waals surface area contributed by atoms with Gasteiger partial charge in [0.05, 0.1) is 0 Å². The van der Waals surface area contributed by atoms with Crippen molar-refractivity contribution in [1.29, 1.82) is 0 Å². The Morgan fingerprint density at radius 2 is 1.56 bits per heavy atom. The zero-order valence-electron chi connectivity index (χ0n) is 10.7. The van der Waals surface area contributed by atoms with Crippen LogP contribution >= 0.6 is 0 Å². The van der Waals surface area contributed by atoms with Gasteiger partial charge in [0.15, 0.2) is 0 Å². The quantitative estimate of drug-likeness (QED) is 0.677. The molecule has 0 spiro atoms. The Morgan fingerprint density at radius 3 is 1.94 bits per heavy atom. The summed E-state index contributed by atoms with van der Waals surface area (Å²) in [6, 6.07) is 4.61. The largest absolute Gasteiger partial charge is 2.00 e. The first-order valence-electron chi connectivity index (χ1n) is 5.42. The first kappa shape index (κ1) is 18.0. The Balaban J connectivity index is 0. The molecule has 0 saturated heterocycles. The van der Waals surface area contributed by atoms with E-state index in [0.717, 1.165) is 6.42 Å². The minimum Gasteiger partial charge on any atom is -0.521 e. The third kappa shape index (κ3) is 5.66. The van der Waals surface area contributed by atoms with Gasteiger partial charge in [0.25, 0.3) is 0 Å². The van der Waals surface area contributed by atoms with E-state index in [2.05, 4.69) is 53.0 Å². The normalized spacial score (nSPS) is 8.75. The average molecular weight is 386 g/mol. The fourth-order valence-electron chi connectivity index (χ4n) is 1.60. The molecule has 0 aromatic heterocycles. The van der Waals surface area contributed by atoms with Gasteiger partial charge in [0.2, 0.25) is 0 Å². The SMILES string of the molecule is [CH-]=C.[CH2-]CCCc1cc(C)c(C)c(C)c1.[W+2]. The average Bonchev–Trinajstić information content (AvgIpc) is 2.25. The summed E-state index contributed by atoms with van der Waals surface area (Å²) in [5.41, 5.74) is 5.72. The second-order valence-electron chi connectivity index (χ2n) is 3.81. The van der Waals surface area contributed by atoms with Crippen molar-refractivity contribution in [1.82, 2.24) is 0 Å². The molecule has 1 heteroatoms. The standard InChI is InChI=1S/C13H19.C2H3.W/c1-5-6-7-13-8-10(2)12(4)11(3)9-13;1-2;/h8-9H,1,5-7H2,2-4H3;1H,2H2;/q2*-1;+2. The number of benzene rings is 1. The van der Waals surface area contributed by atoms with E-state index in [9.17, 15) is 0 Å². The van der Waals surface area contributed by atoms with Crippen LogP contribution in [0.3, 0.4) is 0 Å². The monoisotopic (exact) mass is 386 g/mol. The molecule has 1 aromatic carbocycles. The van der Waals surface area contributed by atoms with Crippen molar-refractivity contribution < 1.29 is 21.1 Å². The second-order valence-corrected chi connectivity index (χ2v) is 3.81. The van der Waals surface area contributed by atoms with E-state index in [4.69, 9.17) is 0 Å². The molecule has 0 amide bonds. The predicted molar refractivity (Wildman–Crippen MR) is 68.9 cm³/mol. The van der Waals surface area contributed by atoms with Gasteiger partial charge in [-0.15, -0.1) is 0 Å². The summed E-state index contributed by atoms with van der Waals surface area (Å²) in [5, 5.41) is 0. The molecule has 1 rings (SSSR count). The van der Waals surface area contributed by atoms with Crippen LogP contribution in [0.1, 0.15) is 35.1 Å². The van der Waals surface area contributed by atoms with E-state index in [1.54, 1.807) is 0 Å². The summed E-state index contributed by atoms with van der Waals surface area (Å²) in [6.07, 6.45) is 3.40. The van der Waals surface area contributed by atoms with Crippen LogP contribution in [0.5, 0.6) is 0 Å². The maximum Gasteiger partial charge on any atom is 2.00 e. The Hall–Kier alpha value is -0.352. The van der Waals surface area contributed by atoms with Crippen molar-refractivity contribution >= 4 is 0 Å². The van der Waals surface area contributed by atoms with Crippen LogP contribution in [-0.4, -0.2) is 0 Å². The van der Waals surface area contributed by atoms with Crippen LogP contribution in [0.25, 0.3) is 0 Å². The van der Waals surface area contributed by atoms with Gasteiger partial charge in [0.1, 0.15) is 0 Å². The first-order chi connectivity index (χ1) is 7.15. The van der Waals surface area contributed by atoms with E-state index < -0.39 is 0 Å². The van der Waals surface area contributed by atoms with Crippen molar-refractivity contribution in [3.05, 3.63) is 54.5 Å². The molecule has 0 nitrogen and oxygen atoms in total. The summed E-state index contributed by atoms with van der Waals surface area (Å²) >= 11 is 0. The maximum atomic E-state index is 4.25. The minimum atomic E-state index is 0. The van der Waals surface area contributed by atoms with Crippen molar-refractivity contribution in [3.8, 4) is 0 Å². The fraction of sp³-hybridized carbons (Fsp3) is 0.400. The van der Waals surface area contributed by atoms with Gasteiger partial charge in [0, 0.05) is 0 Å². The molecule has 16 heavy (non-hydrogen) atoms. The second kappa shape index (κ2) is 9.84. The van der Waals surface area contributed by atoms with Crippen LogP contribution in [0.4, 0.5) is 0 Å². The van der Waals surface area contributed by atoms with E-state index in [1.807, 2.05) is 0 Å². The van der Waals surface area contributed by atoms with E-state index in [-0.39, 0.29) is 21.1 Å². The van der Waals surface area contributed by atoms with Gasteiger partial charge in [-0.2, -0.15) is 6.42 Å². The van der Waals surface area contributed by atoms with E-state index >= 15 is 0 Å².